The lowest BCUT2D eigenvalue weighted by Gasteiger charge is -2.11. The van der Waals surface area contributed by atoms with Crippen LogP contribution in [0.25, 0.3) is 10.9 Å². The maximum Gasteiger partial charge on any atom is 0.221 e. The number of methoxy groups -OCH3 is 1. The fourth-order valence-corrected chi connectivity index (χ4v) is 3.89. The van der Waals surface area contributed by atoms with Gasteiger partial charge >= 0.3 is 0 Å². The minimum Gasteiger partial charge on any atom is -0.494 e. The summed E-state index contributed by atoms with van der Waals surface area (Å²) in [5.41, 5.74) is 8.46. The van der Waals surface area contributed by atoms with Crippen molar-refractivity contribution in [2.45, 2.75) is 51.2 Å². The maximum absolute atomic E-state index is 12.9. The lowest BCUT2D eigenvalue weighted by atomic mass is 10.1. The summed E-state index contributed by atoms with van der Waals surface area (Å²) >= 11 is 0. The average Bonchev–Trinajstić information content (AvgIpc) is 3.29. The van der Waals surface area contributed by atoms with Gasteiger partial charge in [-0.05, 0) is 37.5 Å². The third-order valence-electron chi connectivity index (χ3n) is 5.43. The quantitative estimate of drug-likeness (QED) is 0.566. The minimum atomic E-state index is -0.100. The first kappa shape index (κ1) is 20.2. The monoisotopic (exact) mass is 406 g/mol. The summed E-state index contributed by atoms with van der Waals surface area (Å²) in [6, 6.07) is 11.3. The van der Waals surface area contributed by atoms with E-state index in [0.29, 0.717) is 41.5 Å². The van der Waals surface area contributed by atoms with Crippen molar-refractivity contribution in [3.8, 4) is 5.75 Å². The highest BCUT2D eigenvalue weighted by Gasteiger charge is 2.18. The Morgan fingerprint density at radius 2 is 1.83 bits per heavy atom. The minimum absolute atomic E-state index is 0.0551. The highest BCUT2D eigenvalue weighted by atomic mass is 16.5. The van der Waals surface area contributed by atoms with Crippen molar-refractivity contribution in [3.63, 3.8) is 0 Å². The second-order valence-electron chi connectivity index (χ2n) is 7.55. The van der Waals surface area contributed by atoms with Gasteiger partial charge in [-0.2, -0.15) is 0 Å². The number of para-hydroxylation sites is 1. The van der Waals surface area contributed by atoms with Crippen molar-refractivity contribution in [2.24, 2.45) is 0 Å². The molecule has 0 unspecified atom stereocenters. The number of hydrogen-bond acceptors (Lipinski definition) is 7. The summed E-state index contributed by atoms with van der Waals surface area (Å²) in [5.74, 6) is 0.517. The molecule has 2 N–H and O–H groups in total. The van der Waals surface area contributed by atoms with Gasteiger partial charge in [0.2, 0.25) is 5.95 Å². The number of nitrogen functional groups attached to an aromatic ring is 1. The number of benzene rings is 1. The van der Waals surface area contributed by atoms with Crippen LogP contribution in [0.3, 0.4) is 0 Å². The van der Waals surface area contributed by atoms with E-state index in [1.807, 2.05) is 30.3 Å². The van der Waals surface area contributed by atoms with Gasteiger partial charge in [-0.25, -0.2) is 9.97 Å². The van der Waals surface area contributed by atoms with Crippen LogP contribution in [0.1, 0.15) is 54.0 Å². The van der Waals surface area contributed by atoms with Crippen molar-refractivity contribution in [3.05, 3.63) is 53.5 Å². The number of nitrogens with two attached hydrogens (primary N) is 1. The number of ether oxygens (including phenoxy) is 2. The van der Waals surface area contributed by atoms with E-state index in [2.05, 4.69) is 15.0 Å². The fraction of sp³-hybridized carbons (Fsp3) is 0.391. The number of carbonyl (C=O) groups excluding carboxylic acids is 1. The third kappa shape index (κ3) is 4.57. The van der Waals surface area contributed by atoms with Crippen LogP contribution in [0.15, 0.2) is 36.4 Å². The zero-order chi connectivity index (χ0) is 20.9. The molecule has 1 aromatic carbocycles. The van der Waals surface area contributed by atoms with Gasteiger partial charge in [-0.3, -0.25) is 9.78 Å². The van der Waals surface area contributed by atoms with Gasteiger partial charge in [0.15, 0.2) is 5.78 Å². The molecule has 0 atom stereocenters. The molecular weight excluding hydrogens is 380 g/mol. The molecule has 7 heteroatoms. The smallest absolute Gasteiger partial charge is 0.221 e. The Morgan fingerprint density at radius 1 is 1.07 bits per heavy atom. The lowest BCUT2D eigenvalue weighted by Crippen LogP contribution is -2.10. The number of nitrogens with zero attached hydrogens (tertiary/aromatic N) is 3. The molecule has 156 valence electrons. The van der Waals surface area contributed by atoms with E-state index in [1.165, 1.54) is 12.8 Å². The molecule has 7 nitrogen and oxygen atoms in total. The molecule has 0 saturated heterocycles. The number of pyridine rings is 1. The first-order valence-electron chi connectivity index (χ1n) is 10.3. The number of carbonyl (C=O) groups is 1. The maximum atomic E-state index is 12.9. The Morgan fingerprint density at radius 3 is 2.63 bits per heavy atom. The predicted molar refractivity (Wildman–Crippen MR) is 114 cm³/mol. The van der Waals surface area contributed by atoms with Crippen molar-refractivity contribution in [1.82, 2.24) is 15.0 Å². The van der Waals surface area contributed by atoms with Crippen LogP contribution in [-0.2, 0) is 17.8 Å². The molecule has 2 heterocycles. The average molecular weight is 406 g/mol. The molecule has 30 heavy (non-hydrogen) atoms. The Labute approximate surface area is 175 Å². The Bertz CT molecular complexity index is 1050. The van der Waals surface area contributed by atoms with Crippen LogP contribution in [0.2, 0.25) is 0 Å². The molecule has 0 amide bonds. The van der Waals surface area contributed by atoms with Gasteiger partial charge in [0.25, 0.3) is 0 Å². The number of aromatic nitrogens is 3. The number of anilines is 1. The second-order valence-corrected chi connectivity index (χ2v) is 7.55. The number of Topliss-reactive ketones (excluding diaryl/α,β-unsaturated/α-hetero) is 1. The van der Waals surface area contributed by atoms with Crippen LogP contribution in [0, 0.1) is 0 Å². The SMILES string of the molecule is COc1cccc2c(C(=O)CCc3cccc(COC4CCCC4)n3)nc(N)nc12. The summed E-state index contributed by atoms with van der Waals surface area (Å²) in [5, 5.41) is 0.639. The molecule has 0 aliphatic heterocycles. The molecular formula is C23H26N4O3. The van der Waals surface area contributed by atoms with E-state index >= 15 is 0 Å². The Kier molecular flexibility index (Phi) is 6.18. The van der Waals surface area contributed by atoms with E-state index in [-0.39, 0.29) is 18.2 Å². The number of ketones is 1. The van der Waals surface area contributed by atoms with Crippen molar-refractivity contribution in [2.75, 3.05) is 12.8 Å². The Hall–Kier alpha value is -3.06. The van der Waals surface area contributed by atoms with Gasteiger partial charge in [-0.15, -0.1) is 0 Å². The van der Waals surface area contributed by atoms with E-state index in [1.54, 1.807) is 13.2 Å². The van der Waals surface area contributed by atoms with E-state index in [4.69, 9.17) is 15.2 Å². The van der Waals surface area contributed by atoms with Crippen LogP contribution in [0.5, 0.6) is 5.75 Å². The number of aryl methyl sites for hydroxylation is 1. The summed E-state index contributed by atoms with van der Waals surface area (Å²) in [7, 11) is 1.56. The van der Waals surface area contributed by atoms with Crippen LogP contribution >= 0.6 is 0 Å². The normalized spacial score (nSPS) is 14.3. The largest absolute Gasteiger partial charge is 0.494 e. The molecule has 0 radical (unpaired) electrons. The van der Waals surface area contributed by atoms with Gasteiger partial charge in [0.05, 0.1) is 25.5 Å². The summed E-state index contributed by atoms with van der Waals surface area (Å²) in [6.45, 7) is 0.513. The molecule has 1 aliphatic carbocycles. The zero-order valence-electron chi connectivity index (χ0n) is 17.1. The highest BCUT2D eigenvalue weighted by molar-refractivity contribution is 6.07. The number of rotatable bonds is 8. The number of hydrogen-bond donors (Lipinski definition) is 1. The van der Waals surface area contributed by atoms with Crippen LogP contribution < -0.4 is 10.5 Å². The standard InChI is InChI=1S/C23H26N4O3/c1-29-20-11-5-10-18-21(26-23(24)27-22(18)20)19(28)13-12-15-6-4-7-16(25-15)14-30-17-8-2-3-9-17/h4-7,10-11,17H,2-3,8-9,12-14H2,1H3,(H2,24,26,27). The third-order valence-corrected chi connectivity index (χ3v) is 5.43. The van der Waals surface area contributed by atoms with Crippen LogP contribution in [0.4, 0.5) is 5.95 Å². The summed E-state index contributed by atoms with van der Waals surface area (Å²) in [6.07, 6.45) is 5.91. The fourth-order valence-electron chi connectivity index (χ4n) is 3.89. The molecule has 4 rings (SSSR count). The zero-order valence-corrected chi connectivity index (χ0v) is 17.1. The van der Waals surface area contributed by atoms with Crippen LogP contribution in [-0.4, -0.2) is 33.9 Å². The molecule has 2 aromatic heterocycles. The highest BCUT2D eigenvalue weighted by Crippen LogP contribution is 2.27. The lowest BCUT2D eigenvalue weighted by molar-refractivity contribution is 0.0437. The van der Waals surface area contributed by atoms with E-state index in [0.717, 1.165) is 24.2 Å². The van der Waals surface area contributed by atoms with Gasteiger partial charge < -0.3 is 15.2 Å². The van der Waals surface area contributed by atoms with Crippen molar-refractivity contribution in [1.29, 1.82) is 0 Å². The first-order valence-corrected chi connectivity index (χ1v) is 10.3. The first-order chi connectivity index (χ1) is 14.6. The topological polar surface area (TPSA) is 100 Å². The molecule has 3 aromatic rings. The second kappa shape index (κ2) is 9.17. The molecule has 1 fully saturated rings. The molecule has 1 saturated carbocycles. The van der Waals surface area contributed by atoms with Gasteiger partial charge in [0, 0.05) is 17.5 Å². The summed E-state index contributed by atoms with van der Waals surface area (Å²) < 4.78 is 11.3. The predicted octanol–water partition coefficient (Wildman–Crippen LogP) is 3.89. The van der Waals surface area contributed by atoms with Gasteiger partial charge in [0.1, 0.15) is 17.0 Å². The molecule has 0 bridgehead atoms. The van der Waals surface area contributed by atoms with Crippen molar-refractivity contribution < 1.29 is 14.3 Å². The van der Waals surface area contributed by atoms with E-state index < -0.39 is 0 Å². The molecule has 0 spiro atoms. The molecule has 1 aliphatic rings. The summed E-state index contributed by atoms with van der Waals surface area (Å²) in [4.78, 5) is 26.0. The number of fused-ring (bicyclic) bond motifs is 1. The van der Waals surface area contributed by atoms with Crippen molar-refractivity contribution >= 4 is 22.6 Å². The van der Waals surface area contributed by atoms with Gasteiger partial charge in [-0.1, -0.05) is 31.0 Å². The Balaban J connectivity index is 1.45. The van der Waals surface area contributed by atoms with E-state index in [9.17, 15) is 4.79 Å².